The van der Waals surface area contributed by atoms with Gasteiger partial charge in [0.15, 0.2) is 0 Å². The second-order valence-electron chi connectivity index (χ2n) is 5.03. The highest BCUT2D eigenvalue weighted by Crippen LogP contribution is 2.27. The fourth-order valence-electron chi connectivity index (χ4n) is 2.71. The van der Waals surface area contributed by atoms with Crippen LogP contribution < -0.4 is 5.32 Å². The van der Waals surface area contributed by atoms with Gasteiger partial charge in [-0.2, -0.15) is 0 Å². The van der Waals surface area contributed by atoms with Crippen molar-refractivity contribution in [3.63, 3.8) is 0 Å². The first-order valence-corrected chi connectivity index (χ1v) is 6.43. The maximum atomic E-state index is 11.3. The lowest BCUT2D eigenvalue weighted by molar-refractivity contribution is -0.118. The number of carbonyl (C=O) groups is 2. The Bertz CT molecular complexity index is 300. The maximum Gasteiger partial charge on any atom is 0.324 e. The third-order valence-electron chi connectivity index (χ3n) is 3.76. The van der Waals surface area contributed by atoms with E-state index in [0.717, 1.165) is 12.8 Å². The number of amides is 3. The quantitative estimate of drug-likeness (QED) is 0.716. The molecule has 0 aromatic rings. The molecule has 1 heterocycles. The summed E-state index contributed by atoms with van der Waals surface area (Å²) >= 11 is 0. The van der Waals surface area contributed by atoms with E-state index < -0.39 is 0 Å². The Kier molecular flexibility index (Phi) is 3.99. The van der Waals surface area contributed by atoms with E-state index in [1.165, 1.54) is 24.2 Å². The van der Waals surface area contributed by atoms with Crippen molar-refractivity contribution in [2.75, 3.05) is 13.1 Å². The van der Waals surface area contributed by atoms with Crippen LogP contribution in [0.4, 0.5) is 4.79 Å². The Hall–Kier alpha value is -1.10. The first-order valence-electron chi connectivity index (χ1n) is 6.43. The molecule has 1 unspecified atom stereocenters. The largest absolute Gasteiger partial charge is 0.393 e. The Balaban J connectivity index is 1.73. The minimum Gasteiger partial charge on any atom is -0.393 e. The number of urea groups is 1. The van der Waals surface area contributed by atoms with Crippen LogP contribution in [0.3, 0.4) is 0 Å². The van der Waals surface area contributed by atoms with Gasteiger partial charge in [-0.1, -0.05) is 19.3 Å². The maximum absolute atomic E-state index is 11.3. The number of nitrogens with one attached hydrogen (secondary N) is 1. The van der Waals surface area contributed by atoms with Gasteiger partial charge in [0.25, 0.3) is 0 Å². The van der Waals surface area contributed by atoms with E-state index in [2.05, 4.69) is 5.32 Å². The molecule has 2 rings (SSSR count). The van der Waals surface area contributed by atoms with Gasteiger partial charge in [0.2, 0.25) is 5.91 Å². The number of aliphatic hydroxyl groups is 1. The van der Waals surface area contributed by atoms with Crippen LogP contribution in [-0.2, 0) is 4.79 Å². The Labute approximate surface area is 101 Å². The zero-order valence-electron chi connectivity index (χ0n) is 10.0. The zero-order chi connectivity index (χ0) is 12.3. The Morgan fingerprint density at radius 3 is 2.59 bits per heavy atom. The molecule has 0 aromatic heterocycles. The lowest BCUT2D eigenvalue weighted by atomic mass is 9.84. The second-order valence-corrected chi connectivity index (χ2v) is 5.03. The van der Waals surface area contributed by atoms with Gasteiger partial charge >= 0.3 is 6.03 Å². The van der Waals surface area contributed by atoms with Gasteiger partial charge in [0.05, 0.1) is 6.10 Å². The van der Waals surface area contributed by atoms with Gasteiger partial charge in [0.1, 0.15) is 6.54 Å². The Morgan fingerprint density at radius 2 is 2.00 bits per heavy atom. The number of hydrogen-bond donors (Lipinski definition) is 2. The zero-order valence-corrected chi connectivity index (χ0v) is 10.0. The highest BCUT2D eigenvalue weighted by molar-refractivity contribution is 6.01. The normalized spacial score (nSPS) is 23.9. The van der Waals surface area contributed by atoms with Crippen molar-refractivity contribution < 1.29 is 14.7 Å². The number of aliphatic hydroxyl groups excluding tert-OH is 1. The molecule has 0 spiro atoms. The van der Waals surface area contributed by atoms with E-state index in [1.54, 1.807) is 0 Å². The molecule has 2 aliphatic rings. The topological polar surface area (TPSA) is 69.6 Å². The van der Waals surface area contributed by atoms with E-state index in [1.807, 2.05) is 0 Å². The van der Waals surface area contributed by atoms with Crippen LogP contribution in [-0.4, -0.2) is 41.1 Å². The molecule has 1 aliphatic carbocycles. The number of hydrogen-bond acceptors (Lipinski definition) is 3. The van der Waals surface area contributed by atoms with Crippen molar-refractivity contribution in [1.82, 2.24) is 10.2 Å². The predicted molar refractivity (Wildman–Crippen MR) is 62.3 cm³/mol. The molecule has 0 aromatic carbocycles. The van der Waals surface area contributed by atoms with Crippen LogP contribution in [0.1, 0.15) is 38.5 Å². The summed E-state index contributed by atoms with van der Waals surface area (Å²) in [7, 11) is 0. The van der Waals surface area contributed by atoms with Gasteiger partial charge in [0, 0.05) is 6.54 Å². The molecule has 96 valence electrons. The summed E-state index contributed by atoms with van der Waals surface area (Å²) < 4.78 is 0. The van der Waals surface area contributed by atoms with Crippen LogP contribution in [0.2, 0.25) is 0 Å². The molecule has 2 N–H and O–H groups in total. The molecule has 5 nitrogen and oxygen atoms in total. The fourth-order valence-corrected chi connectivity index (χ4v) is 2.71. The average Bonchev–Trinajstić information content (AvgIpc) is 2.66. The van der Waals surface area contributed by atoms with Crippen molar-refractivity contribution >= 4 is 11.9 Å². The highest BCUT2D eigenvalue weighted by Gasteiger charge is 2.28. The Morgan fingerprint density at radius 1 is 1.29 bits per heavy atom. The first-order chi connectivity index (χ1) is 8.16. The van der Waals surface area contributed by atoms with E-state index in [9.17, 15) is 14.7 Å². The number of carbonyl (C=O) groups excluding carboxylic acids is 2. The molecule has 2 fully saturated rings. The molecule has 0 radical (unpaired) electrons. The summed E-state index contributed by atoms with van der Waals surface area (Å²) in [6.07, 6.45) is 6.09. The van der Waals surface area contributed by atoms with Gasteiger partial charge in [-0.15, -0.1) is 0 Å². The van der Waals surface area contributed by atoms with Gasteiger partial charge in [-0.3, -0.25) is 10.1 Å². The van der Waals surface area contributed by atoms with E-state index in [-0.39, 0.29) is 24.6 Å². The summed E-state index contributed by atoms with van der Waals surface area (Å²) in [6, 6.07) is -0.328. The van der Waals surface area contributed by atoms with Crippen LogP contribution in [0.5, 0.6) is 0 Å². The highest BCUT2D eigenvalue weighted by atomic mass is 16.3. The lowest BCUT2D eigenvalue weighted by Gasteiger charge is -2.27. The van der Waals surface area contributed by atoms with Gasteiger partial charge in [-0.05, 0) is 25.2 Å². The average molecular weight is 240 g/mol. The van der Waals surface area contributed by atoms with Crippen molar-refractivity contribution in [3.05, 3.63) is 0 Å². The SMILES string of the molecule is O=C1CN(CCC(O)C2CCCCC2)C(=O)N1. The van der Waals surface area contributed by atoms with Crippen LogP contribution in [0.25, 0.3) is 0 Å². The van der Waals surface area contributed by atoms with Gasteiger partial charge in [-0.25, -0.2) is 4.79 Å². The van der Waals surface area contributed by atoms with E-state index in [4.69, 9.17) is 0 Å². The summed E-state index contributed by atoms with van der Waals surface area (Å²) in [4.78, 5) is 23.7. The molecule has 1 saturated carbocycles. The molecule has 17 heavy (non-hydrogen) atoms. The standard InChI is InChI=1S/C12H20N2O3/c15-10(9-4-2-1-3-5-9)6-7-14-8-11(16)13-12(14)17/h9-10,15H,1-8H2,(H,13,16,17). The minimum absolute atomic E-state index is 0.135. The molecule has 5 heteroatoms. The molecular formula is C12H20N2O3. The van der Waals surface area contributed by atoms with Crippen molar-refractivity contribution in [3.8, 4) is 0 Å². The monoisotopic (exact) mass is 240 g/mol. The van der Waals surface area contributed by atoms with E-state index >= 15 is 0 Å². The summed E-state index contributed by atoms with van der Waals surface area (Å²) in [6.45, 7) is 0.603. The second kappa shape index (κ2) is 5.49. The molecular weight excluding hydrogens is 220 g/mol. The van der Waals surface area contributed by atoms with E-state index in [0.29, 0.717) is 18.9 Å². The molecule has 1 saturated heterocycles. The molecule has 1 aliphatic heterocycles. The van der Waals surface area contributed by atoms with Gasteiger partial charge < -0.3 is 10.0 Å². The van der Waals surface area contributed by atoms with Crippen molar-refractivity contribution in [2.45, 2.75) is 44.6 Å². The number of imide groups is 1. The van der Waals surface area contributed by atoms with Crippen LogP contribution >= 0.6 is 0 Å². The molecule has 1 atom stereocenters. The third-order valence-corrected chi connectivity index (χ3v) is 3.76. The lowest BCUT2D eigenvalue weighted by Crippen LogP contribution is -2.33. The first kappa shape index (κ1) is 12.4. The van der Waals surface area contributed by atoms with Crippen LogP contribution in [0, 0.1) is 5.92 Å². The predicted octanol–water partition coefficient (Wildman–Crippen LogP) is 0.869. The third kappa shape index (κ3) is 3.19. The van der Waals surface area contributed by atoms with Crippen LogP contribution in [0.15, 0.2) is 0 Å². The molecule has 0 bridgehead atoms. The number of nitrogens with zero attached hydrogens (tertiary/aromatic N) is 1. The summed E-state index contributed by atoms with van der Waals surface area (Å²) in [5.41, 5.74) is 0. The summed E-state index contributed by atoms with van der Waals surface area (Å²) in [5.74, 6) is 0.132. The fraction of sp³-hybridized carbons (Fsp3) is 0.833. The smallest absolute Gasteiger partial charge is 0.324 e. The number of rotatable bonds is 4. The van der Waals surface area contributed by atoms with Crippen molar-refractivity contribution in [2.24, 2.45) is 5.92 Å². The summed E-state index contributed by atoms with van der Waals surface area (Å²) in [5, 5.41) is 12.3. The molecule has 3 amide bonds. The van der Waals surface area contributed by atoms with Crippen molar-refractivity contribution in [1.29, 1.82) is 0 Å². The minimum atomic E-state index is -0.334.